The Hall–Kier alpha value is -1.13. The van der Waals surface area contributed by atoms with Gasteiger partial charge < -0.3 is 19.7 Å². The van der Waals surface area contributed by atoms with E-state index < -0.39 is 0 Å². The average Bonchev–Trinajstić information content (AvgIpc) is 3.17. The molecule has 2 aliphatic rings. The molecule has 0 saturated carbocycles. The van der Waals surface area contributed by atoms with Crippen LogP contribution in [0.5, 0.6) is 5.88 Å². The standard InChI is InChI=1S/C23H39N5O2.HI/c1-18(2)13-19(3)30-22-14-20(5-7-25-22)15-26-23(24-4)28-8-6-21(17-28)16-27-9-11-29-12-10-27;/h5,7,14,18-19,21H,6,8-13,15-17H2,1-4H3,(H,24,26);1H. The molecular formula is C23H40IN5O2. The maximum Gasteiger partial charge on any atom is 0.213 e. The van der Waals surface area contributed by atoms with Gasteiger partial charge in [-0.3, -0.25) is 9.89 Å². The molecule has 31 heavy (non-hydrogen) atoms. The van der Waals surface area contributed by atoms with Crippen molar-refractivity contribution in [2.45, 2.75) is 46.3 Å². The lowest BCUT2D eigenvalue weighted by atomic mass is 10.1. The Balaban J connectivity index is 0.00000341. The SMILES string of the molecule is CN=C(NCc1ccnc(OC(C)CC(C)C)c1)N1CCC(CN2CCOCC2)C1.I. The second-order valence-electron chi connectivity index (χ2n) is 8.97. The number of ether oxygens (including phenoxy) is 2. The van der Waals surface area contributed by atoms with Crippen LogP contribution >= 0.6 is 24.0 Å². The van der Waals surface area contributed by atoms with Crippen LogP contribution in [-0.4, -0.2) is 79.8 Å². The molecule has 0 radical (unpaired) electrons. The lowest BCUT2D eigenvalue weighted by Gasteiger charge is -2.29. The Labute approximate surface area is 205 Å². The van der Waals surface area contributed by atoms with Crippen LogP contribution in [0.25, 0.3) is 0 Å². The summed E-state index contributed by atoms with van der Waals surface area (Å²) in [4.78, 5) is 13.8. The third-order valence-corrected chi connectivity index (χ3v) is 5.79. The van der Waals surface area contributed by atoms with E-state index in [2.05, 4.69) is 45.9 Å². The Morgan fingerprint density at radius 2 is 2.06 bits per heavy atom. The Morgan fingerprint density at radius 3 is 2.77 bits per heavy atom. The number of hydrogen-bond acceptors (Lipinski definition) is 5. The number of pyridine rings is 1. The second-order valence-corrected chi connectivity index (χ2v) is 8.97. The number of aromatic nitrogens is 1. The highest BCUT2D eigenvalue weighted by atomic mass is 127. The van der Waals surface area contributed by atoms with Gasteiger partial charge in [0.25, 0.3) is 0 Å². The van der Waals surface area contributed by atoms with Gasteiger partial charge in [0.05, 0.1) is 19.3 Å². The number of likely N-dealkylation sites (tertiary alicyclic amines) is 1. The van der Waals surface area contributed by atoms with Crippen LogP contribution < -0.4 is 10.1 Å². The summed E-state index contributed by atoms with van der Waals surface area (Å²) in [6.45, 7) is 14.4. The summed E-state index contributed by atoms with van der Waals surface area (Å²) in [6.07, 6.45) is 4.24. The van der Waals surface area contributed by atoms with Crippen LogP contribution in [0.4, 0.5) is 0 Å². The fraction of sp³-hybridized carbons (Fsp3) is 0.739. The maximum absolute atomic E-state index is 5.99. The van der Waals surface area contributed by atoms with Gasteiger partial charge in [-0.15, -0.1) is 24.0 Å². The van der Waals surface area contributed by atoms with E-state index >= 15 is 0 Å². The van der Waals surface area contributed by atoms with Crippen LogP contribution in [0.2, 0.25) is 0 Å². The van der Waals surface area contributed by atoms with Crippen LogP contribution in [0.15, 0.2) is 23.3 Å². The topological polar surface area (TPSA) is 62.2 Å². The average molecular weight is 546 g/mol. The molecule has 0 aliphatic carbocycles. The van der Waals surface area contributed by atoms with Crippen molar-refractivity contribution >= 4 is 29.9 Å². The van der Waals surface area contributed by atoms with E-state index in [4.69, 9.17) is 9.47 Å². The number of nitrogens with one attached hydrogen (secondary N) is 1. The van der Waals surface area contributed by atoms with Gasteiger partial charge in [0, 0.05) is 58.6 Å². The van der Waals surface area contributed by atoms with Crippen LogP contribution in [0.1, 0.15) is 39.2 Å². The first-order chi connectivity index (χ1) is 14.5. The summed E-state index contributed by atoms with van der Waals surface area (Å²) in [5.74, 6) is 2.99. The van der Waals surface area contributed by atoms with Crippen molar-refractivity contribution in [3.63, 3.8) is 0 Å². The highest BCUT2D eigenvalue weighted by molar-refractivity contribution is 14.0. The number of aliphatic imine (C=N–C) groups is 1. The van der Waals surface area contributed by atoms with Crippen molar-refractivity contribution < 1.29 is 9.47 Å². The van der Waals surface area contributed by atoms with E-state index in [1.165, 1.54) is 6.42 Å². The van der Waals surface area contributed by atoms with Crippen LogP contribution in [0, 0.1) is 11.8 Å². The number of guanidine groups is 1. The fourth-order valence-electron chi connectivity index (χ4n) is 4.38. The fourth-order valence-corrected chi connectivity index (χ4v) is 4.38. The number of morpholine rings is 1. The first-order valence-corrected chi connectivity index (χ1v) is 11.4. The molecule has 2 unspecified atom stereocenters. The smallest absolute Gasteiger partial charge is 0.213 e. The summed E-state index contributed by atoms with van der Waals surface area (Å²) in [6, 6.07) is 4.06. The second kappa shape index (κ2) is 13.4. The summed E-state index contributed by atoms with van der Waals surface area (Å²) in [5, 5.41) is 3.52. The Morgan fingerprint density at radius 1 is 1.29 bits per heavy atom. The van der Waals surface area contributed by atoms with Crippen molar-refractivity contribution in [2.24, 2.45) is 16.8 Å². The van der Waals surface area contributed by atoms with Gasteiger partial charge in [-0.2, -0.15) is 0 Å². The van der Waals surface area contributed by atoms with Crippen LogP contribution in [-0.2, 0) is 11.3 Å². The minimum absolute atomic E-state index is 0. The third-order valence-electron chi connectivity index (χ3n) is 5.79. The van der Waals surface area contributed by atoms with Crippen molar-refractivity contribution in [2.75, 3.05) is 53.0 Å². The lowest BCUT2D eigenvalue weighted by molar-refractivity contribution is 0.0315. The number of nitrogens with zero attached hydrogens (tertiary/aromatic N) is 4. The lowest BCUT2D eigenvalue weighted by Crippen LogP contribution is -2.42. The van der Waals surface area contributed by atoms with E-state index in [9.17, 15) is 0 Å². The summed E-state index contributed by atoms with van der Waals surface area (Å²) >= 11 is 0. The van der Waals surface area contributed by atoms with Gasteiger partial charge >= 0.3 is 0 Å². The Kier molecular flexibility index (Phi) is 11.3. The van der Waals surface area contributed by atoms with Gasteiger partial charge in [0.2, 0.25) is 5.88 Å². The van der Waals surface area contributed by atoms with Crippen LogP contribution in [0.3, 0.4) is 0 Å². The highest BCUT2D eigenvalue weighted by Gasteiger charge is 2.27. The molecule has 2 saturated heterocycles. The molecule has 2 aliphatic heterocycles. The minimum atomic E-state index is 0. The first-order valence-electron chi connectivity index (χ1n) is 11.4. The molecule has 1 N–H and O–H groups in total. The van der Waals surface area contributed by atoms with E-state index in [0.717, 1.165) is 70.4 Å². The van der Waals surface area contributed by atoms with E-state index in [1.807, 2.05) is 25.4 Å². The largest absolute Gasteiger partial charge is 0.475 e. The number of rotatable bonds is 8. The van der Waals surface area contributed by atoms with Crippen molar-refractivity contribution in [1.82, 2.24) is 20.1 Å². The molecule has 0 spiro atoms. The maximum atomic E-state index is 5.99. The first kappa shape index (κ1) is 26.1. The Bertz CT molecular complexity index is 682. The van der Waals surface area contributed by atoms with E-state index in [0.29, 0.717) is 17.7 Å². The van der Waals surface area contributed by atoms with E-state index in [1.54, 1.807) is 0 Å². The van der Waals surface area contributed by atoms with Gasteiger partial charge in [-0.05, 0) is 43.2 Å². The predicted octanol–water partition coefficient (Wildman–Crippen LogP) is 3.24. The molecule has 1 aromatic heterocycles. The summed E-state index contributed by atoms with van der Waals surface area (Å²) in [7, 11) is 1.87. The summed E-state index contributed by atoms with van der Waals surface area (Å²) < 4.78 is 11.5. The quantitative estimate of drug-likeness (QED) is 0.308. The molecule has 3 heterocycles. The molecule has 2 atom stereocenters. The van der Waals surface area contributed by atoms with Crippen molar-refractivity contribution in [1.29, 1.82) is 0 Å². The molecule has 7 nitrogen and oxygen atoms in total. The van der Waals surface area contributed by atoms with Crippen molar-refractivity contribution in [3.05, 3.63) is 23.9 Å². The zero-order valence-electron chi connectivity index (χ0n) is 19.5. The van der Waals surface area contributed by atoms with Gasteiger partial charge in [0.1, 0.15) is 0 Å². The number of halogens is 1. The van der Waals surface area contributed by atoms with Gasteiger partial charge in [0.15, 0.2) is 5.96 Å². The molecule has 1 aromatic rings. The van der Waals surface area contributed by atoms with Gasteiger partial charge in [-0.25, -0.2) is 4.98 Å². The molecule has 8 heteroatoms. The third kappa shape index (κ3) is 8.73. The monoisotopic (exact) mass is 545 g/mol. The zero-order valence-corrected chi connectivity index (χ0v) is 21.9. The predicted molar refractivity (Wildman–Crippen MR) is 136 cm³/mol. The number of hydrogen-bond donors (Lipinski definition) is 1. The van der Waals surface area contributed by atoms with Crippen molar-refractivity contribution in [3.8, 4) is 5.88 Å². The normalized spacial score (nSPS) is 21.1. The van der Waals surface area contributed by atoms with Gasteiger partial charge in [-0.1, -0.05) is 13.8 Å². The molecule has 0 amide bonds. The molecule has 176 valence electrons. The van der Waals surface area contributed by atoms with E-state index in [-0.39, 0.29) is 30.1 Å². The molecule has 0 aromatic carbocycles. The summed E-state index contributed by atoms with van der Waals surface area (Å²) in [5.41, 5.74) is 1.15. The molecular weight excluding hydrogens is 505 g/mol. The minimum Gasteiger partial charge on any atom is -0.475 e. The molecule has 0 bridgehead atoms. The molecule has 2 fully saturated rings. The highest BCUT2D eigenvalue weighted by Crippen LogP contribution is 2.19. The molecule has 3 rings (SSSR count). The zero-order chi connectivity index (χ0) is 21.3.